The van der Waals surface area contributed by atoms with Gasteiger partial charge in [-0.15, -0.1) is 0 Å². The molecule has 4 aromatic rings. The lowest BCUT2D eigenvalue weighted by molar-refractivity contribution is 0.246. The van der Waals surface area contributed by atoms with Crippen LogP contribution in [0.3, 0.4) is 0 Å². The van der Waals surface area contributed by atoms with Crippen LogP contribution in [0.5, 0.6) is 0 Å². The highest BCUT2D eigenvalue weighted by atomic mass is 19.1. The van der Waals surface area contributed by atoms with E-state index in [1.54, 1.807) is 47.5 Å². The third kappa shape index (κ3) is 4.40. The number of hydrogen-bond donors (Lipinski definition) is 2. The molecule has 9 heteroatoms. The van der Waals surface area contributed by atoms with E-state index in [1.165, 1.54) is 6.07 Å². The quantitative estimate of drug-likeness (QED) is 0.272. The molecule has 168 valence electrons. The fourth-order valence-corrected chi connectivity index (χ4v) is 4.16. The zero-order valence-electron chi connectivity index (χ0n) is 18.2. The summed E-state index contributed by atoms with van der Waals surface area (Å²) in [5.74, 6) is 0.223. The summed E-state index contributed by atoms with van der Waals surface area (Å²) < 4.78 is 16.3. The number of oxime groups is 1. The van der Waals surface area contributed by atoms with E-state index in [2.05, 4.69) is 32.5 Å². The Bertz CT molecular complexity index is 1300. The van der Waals surface area contributed by atoms with Crippen molar-refractivity contribution in [3.8, 4) is 5.69 Å². The number of nitrogens with zero attached hydrogens (tertiary/aromatic N) is 6. The van der Waals surface area contributed by atoms with Crippen LogP contribution in [0.15, 0.2) is 66.2 Å². The van der Waals surface area contributed by atoms with Gasteiger partial charge in [0, 0.05) is 42.0 Å². The predicted octanol–water partition coefficient (Wildman–Crippen LogP) is 4.22. The van der Waals surface area contributed by atoms with Crippen LogP contribution in [0.1, 0.15) is 18.5 Å². The number of hydrogen-bond acceptors (Lipinski definition) is 7. The first-order valence-corrected chi connectivity index (χ1v) is 10.8. The maximum Gasteiger partial charge on any atom is 0.148 e. The van der Waals surface area contributed by atoms with Gasteiger partial charge in [0.15, 0.2) is 0 Å². The summed E-state index contributed by atoms with van der Waals surface area (Å²) in [4.78, 5) is 11.4. The summed E-state index contributed by atoms with van der Waals surface area (Å²) in [5.41, 5.74) is 2.87. The van der Waals surface area contributed by atoms with E-state index in [-0.39, 0.29) is 5.92 Å². The van der Waals surface area contributed by atoms with Crippen molar-refractivity contribution in [3.63, 3.8) is 0 Å². The third-order valence-electron chi connectivity index (χ3n) is 6.03. The Hall–Kier alpha value is -3.85. The van der Waals surface area contributed by atoms with Crippen molar-refractivity contribution in [1.82, 2.24) is 24.6 Å². The summed E-state index contributed by atoms with van der Waals surface area (Å²) >= 11 is 0. The molecule has 0 aliphatic carbocycles. The van der Waals surface area contributed by atoms with Gasteiger partial charge in [-0.25, -0.2) is 19.0 Å². The van der Waals surface area contributed by atoms with Crippen molar-refractivity contribution in [2.24, 2.45) is 11.1 Å². The SMILES string of the molecule is CN1CCC(/C(=N/O)c2ccc3cnc(Nc4ccc(-n5cccn5)cc4F)cc3n2)CC1. The van der Waals surface area contributed by atoms with Crippen LogP contribution in [0.2, 0.25) is 0 Å². The van der Waals surface area contributed by atoms with Gasteiger partial charge >= 0.3 is 0 Å². The van der Waals surface area contributed by atoms with Crippen molar-refractivity contribution in [2.75, 3.05) is 25.5 Å². The Balaban J connectivity index is 1.40. The Kier molecular flexibility index (Phi) is 5.70. The first kappa shape index (κ1) is 21.0. The van der Waals surface area contributed by atoms with Crippen LogP contribution in [0, 0.1) is 11.7 Å². The summed E-state index contributed by atoms with van der Waals surface area (Å²) in [5, 5.41) is 21.3. The molecule has 0 unspecified atom stereocenters. The molecule has 1 aliphatic rings. The lowest BCUT2D eigenvalue weighted by atomic mass is 9.90. The maximum absolute atomic E-state index is 14.7. The van der Waals surface area contributed by atoms with Gasteiger partial charge < -0.3 is 15.4 Å². The lowest BCUT2D eigenvalue weighted by Gasteiger charge is -2.29. The number of rotatable bonds is 5. The normalized spacial score (nSPS) is 15.8. The van der Waals surface area contributed by atoms with E-state index in [9.17, 15) is 9.60 Å². The van der Waals surface area contributed by atoms with E-state index in [0.29, 0.717) is 34.1 Å². The van der Waals surface area contributed by atoms with Crippen LogP contribution >= 0.6 is 0 Å². The highest BCUT2D eigenvalue weighted by Gasteiger charge is 2.24. The number of fused-ring (bicyclic) bond motifs is 1. The first-order valence-electron chi connectivity index (χ1n) is 10.8. The second-order valence-electron chi connectivity index (χ2n) is 8.26. The fraction of sp³-hybridized carbons (Fsp3) is 0.250. The molecule has 0 bridgehead atoms. The van der Waals surface area contributed by atoms with Crippen molar-refractivity contribution < 1.29 is 9.60 Å². The number of benzene rings is 1. The summed E-state index contributed by atoms with van der Waals surface area (Å²) in [7, 11) is 2.09. The average molecular weight is 446 g/mol. The zero-order chi connectivity index (χ0) is 22.8. The monoisotopic (exact) mass is 445 g/mol. The standard InChI is InChI=1S/C24H24FN7O/c1-31-11-7-16(8-12-31)24(30-33)21-5-3-17-15-26-23(14-22(17)28-21)29-20-6-4-18(13-19(20)25)32-10-2-9-27-32/h2-6,9-10,13-16,33H,7-8,11-12H2,1H3,(H,26,29)/b30-24-. The van der Waals surface area contributed by atoms with Crippen LogP contribution < -0.4 is 5.32 Å². The fourth-order valence-electron chi connectivity index (χ4n) is 4.16. The molecule has 1 saturated heterocycles. The Morgan fingerprint density at radius 3 is 2.76 bits per heavy atom. The molecule has 1 aliphatic heterocycles. The number of piperidine rings is 1. The molecule has 8 nitrogen and oxygen atoms in total. The smallest absolute Gasteiger partial charge is 0.148 e. The van der Waals surface area contributed by atoms with Gasteiger partial charge in [-0.3, -0.25) is 0 Å². The second-order valence-corrected chi connectivity index (χ2v) is 8.26. The minimum Gasteiger partial charge on any atom is -0.411 e. The molecule has 1 aromatic carbocycles. The molecule has 3 aromatic heterocycles. The predicted molar refractivity (Wildman–Crippen MR) is 125 cm³/mol. The Labute approximate surface area is 190 Å². The molecule has 0 amide bonds. The van der Waals surface area contributed by atoms with Crippen molar-refractivity contribution in [3.05, 3.63) is 72.6 Å². The van der Waals surface area contributed by atoms with E-state index in [4.69, 9.17) is 4.98 Å². The van der Waals surface area contributed by atoms with E-state index < -0.39 is 5.82 Å². The van der Waals surface area contributed by atoms with Crippen molar-refractivity contribution >= 4 is 28.1 Å². The number of likely N-dealkylation sites (tertiary alicyclic amines) is 1. The molecule has 0 atom stereocenters. The number of halogens is 1. The molecule has 5 rings (SSSR count). The lowest BCUT2D eigenvalue weighted by Crippen LogP contribution is -2.34. The topological polar surface area (TPSA) is 91.5 Å². The maximum atomic E-state index is 14.7. The highest BCUT2D eigenvalue weighted by molar-refractivity contribution is 6.02. The molecule has 0 saturated carbocycles. The van der Waals surface area contributed by atoms with Gasteiger partial charge in [-0.1, -0.05) is 5.16 Å². The summed E-state index contributed by atoms with van der Waals surface area (Å²) in [6.45, 7) is 1.92. The molecular formula is C24H24FN7O. The van der Waals surface area contributed by atoms with Gasteiger partial charge in [0.2, 0.25) is 0 Å². The van der Waals surface area contributed by atoms with Crippen LogP contribution in [0.4, 0.5) is 15.9 Å². The second kappa shape index (κ2) is 8.95. The van der Waals surface area contributed by atoms with Gasteiger partial charge in [0.05, 0.1) is 22.6 Å². The number of pyridine rings is 2. The minimum atomic E-state index is -0.413. The minimum absolute atomic E-state index is 0.165. The summed E-state index contributed by atoms with van der Waals surface area (Å²) in [6.07, 6.45) is 6.93. The molecule has 0 spiro atoms. The van der Waals surface area contributed by atoms with E-state index in [1.807, 2.05) is 12.1 Å². The van der Waals surface area contributed by atoms with E-state index >= 15 is 0 Å². The zero-order valence-corrected chi connectivity index (χ0v) is 18.2. The van der Waals surface area contributed by atoms with Crippen LogP contribution in [0.25, 0.3) is 16.6 Å². The van der Waals surface area contributed by atoms with Gasteiger partial charge in [-0.05, 0) is 63.3 Å². The highest BCUT2D eigenvalue weighted by Crippen LogP contribution is 2.25. The number of nitrogens with one attached hydrogen (secondary N) is 1. The number of anilines is 2. The molecule has 1 fully saturated rings. The van der Waals surface area contributed by atoms with Gasteiger partial charge in [0.1, 0.15) is 17.3 Å². The van der Waals surface area contributed by atoms with E-state index in [0.717, 1.165) is 31.3 Å². The molecular weight excluding hydrogens is 421 g/mol. The number of aromatic nitrogens is 4. The van der Waals surface area contributed by atoms with Gasteiger partial charge in [0.25, 0.3) is 0 Å². The average Bonchev–Trinajstić information content (AvgIpc) is 3.37. The molecule has 0 radical (unpaired) electrons. The molecule has 2 N–H and O–H groups in total. The van der Waals surface area contributed by atoms with Crippen molar-refractivity contribution in [1.29, 1.82) is 0 Å². The largest absolute Gasteiger partial charge is 0.411 e. The Morgan fingerprint density at radius 1 is 1.18 bits per heavy atom. The Morgan fingerprint density at radius 2 is 2.03 bits per heavy atom. The van der Waals surface area contributed by atoms with Gasteiger partial charge in [-0.2, -0.15) is 5.10 Å². The van der Waals surface area contributed by atoms with Crippen molar-refractivity contribution in [2.45, 2.75) is 12.8 Å². The molecule has 33 heavy (non-hydrogen) atoms. The van der Waals surface area contributed by atoms with Crippen LogP contribution in [-0.2, 0) is 0 Å². The summed E-state index contributed by atoms with van der Waals surface area (Å²) in [6, 6.07) is 12.2. The van der Waals surface area contributed by atoms with Crippen LogP contribution in [-0.4, -0.2) is 55.7 Å². The molecule has 4 heterocycles. The first-order chi connectivity index (χ1) is 16.1. The third-order valence-corrected chi connectivity index (χ3v) is 6.03.